The van der Waals surface area contributed by atoms with Gasteiger partial charge in [-0.2, -0.15) is 0 Å². The molecule has 1 amide bonds. The van der Waals surface area contributed by atoms with Crippen molar-refractivity contribution in [3.63, 3.8) is 0 Å². The lowest BCUT2D eigenvalue weighted by atomic mass is 10.0. The fourth-order valence-electron chi connectivity index (χ4n) is 3.03. The lowest BCUT2D eigenvalue weighted by Gasteiger charge is -2.34. The summed E-state index contributed by atoms with van der Waals surface area (Å²) >= 11 is 0. The van der Waals surface area contributed by atoms with E-state index < -0.39 is 5.60 Å². The lowest BCUT2D eigenvalue weighted by molar-refractivity contribution is -0.0467. The van der Waals surface area contributed by atoms with Crippen molar-refractivity contribution in [2.24, 2.45) is 0 Å². The summed E-state index contributed by atoms with van der Waals surface area (Å²) in [5, 5.41) is 0. The number of nitrogens with zero attached hydrogens (tertiary/aromatic N) is 1. The van der Waals surface area contributed by atoms with Gasteiger partial charge in [0.1, 0.15) is 11.7 Å². The number of hydrogen-bond donors (Lipinski definition) is 1. The summed E-state index contributed by atoms with van der Waals surface area (Å²) in [6.07, 6.45) is 0.634. The number of likely N-dealkylation sites (tertiary alicyclic amines) is 1. The fourth-order valence-corrected chi connectivity index (χ4v) is 3.03. The molecule has 1 aromatic carbocycles. The van der Waals surface area contributed by atoms with Crippen LogP contribution >= 0.6 is 0 Å². The molecule has 2 aliphatic heterocycles. The molecule has 21 heavy (non-hydrogen) atoms. The molecule has 2 aliphatic rings. The minimum Gasteiger partial charge on any atom is -0.444 e. The lowest BCUT2D eigenvalue weighted by Crippen LogP contribution is -2.45. The first-order valence-electron chi connectivity index (χ1n) is 7.34. The summed E-state index contributed by atoms with van der Waals surface area (Å²) in [5.41, 5.74) is 7.03. The van der Waals surface area contributed by atoms with Gasteiger partial charge in [0, 0.05) is 5.69 Å². The highest BCUT2D eigenvalue weighted by Crippen LogP contribution is 2.42. The number of fused-ring (bicyclic) bond motifs is 2. The summed E-state index contributed by atoms with van der Waals surface area (Å²) in [7, 11) is 0. The van der Waals surface area contributed by atoms with E-state index in [1.165, 1.54) is 0 Å². The molecule has 3 atom stereocenters. The van der Waals surface area contributed by atoms with Crippen molar-refractivity contribution >= 4 is 11.8 Å². The third kappa shape index (κ3) is 2.83. The molecule has 5 nitrogen and oxygen atoms in total. The number of ether oxygens (including phenoxy) is 2. The number of benzene rings is 1. The van der Waals surface area contributed by atoms with Gasteiger partial charge in [0.2, 0.25) is 0 Å². The Morgan fingerprint density at radius 1 is 1.33 bits per heavy atom. The van der Waals surface area contributed by atoms with Crippen molar-refractivity contribution in [1.82, 2.24) is 4.90 Å². The Labute approximate surface area is 125 Å². The van der Waals surface area contributed by atoms with Crippen molar-refractivity contribution in [2.75, 3.05) is 12.3 Å². The number of morpholine rings is 1. The number of nitrogen functional groups attached to an aromatic ring is 1. The molecule has 1 aromatic rings. The molecule has 114 valence electrons. The van der Waals surface area contributed by atoms with Crippen molar-refractivity contribution in [2.45, 2.75) is 51.0 Å². The monoisotopic (exact) mass is 290 g/mol. The maximum Gasteiger partial charge on any atom is 0.410 e. The van der Waals surface area contributed by atoms with E-state index in [0.717, 1.165) is 17.7 Å². The van der Waals surface area contributed by atoms with Crippen LogP contribution in [-0.2, 0) is 9.47 Å². The van der Waals surface area contributed by atoms with Gasteiger partial charge in [0.15, 0.2) is 0 Å². The van der Waals surface area contributed by atoms with Crippen LogP contribution in [0.5, 0.6) is 0 Å². The van der Waals surface area contributed by atoms with Gasteiger partial charge in [-0.15, -0.1) is 0 Å². The molecular formula is C16H22N2O3. The summed E-state index contributed by atoms with van der Waals surface area (Å²) in [6.45, 7) is 6.26. The number of amides is 1. The van der Waals surface area contributed by atoms with Crippen LogP contribution in [0.4, 0.5) is 10.5 Å². The van der Waals surface area contributed by atoms with Gasteiger partial charge in [0.25, 0.3) is 0 Å². The molecule has 5 heteroatoms. The Hall–Kier alpha value is -1.75. The van der Waals surface area contributed by atoms with Crippen molar-refractivity contribution in [1.29, 1.82) is 0 Å². The largest absolute Gasteiger partial charge is 0.444 e. The highest BCUT2D eigenvalue weighted by molar-refractivity contribution is 5.69. The van der Waals surface area contributed by atoms with Crippen LogP contribution < -0.4 is 5.73 Å². The maximum atomic E-state index is 12.3. The molecule has 2 heterocycles. The van der Waals surface area contributed by atoms with Gasteiger partial charge >= 0.3 is 6.09 Å². The second kappa shape index (κ2) is 4.91. The molecule has 2 saturated heterocycles. The standard InChI is InChI=1S/C16H22N2O3/c1-16(2,3)21-15(19)18-9-12-8-13(18)14(20-12)10-4-6-11(17)7-5-10/h4-7,12-14H,8-9,17H2,1-3H3. The molecular weight excluding hydrogens is 268 g/mol. The Bertz CT molecular complexity index is 535. The predicted molar refractivity (Wildman–Crippen MR) is 79.8 cm³/mol. The van der Waals surface area contributed by atoms with E-state index in [2.05, 4.69) is 0 Å². The molecule has 0 aliphatic carbocycles. The minimum atomic E-state index is -0.476. The Balaban J connectivity index is 1.75. The molecule has 2 fully saturated rings. The van der Waals surface area contributed by atoms with Crippen LogP contribution in [-0.4, -0.2) is 35.3 Å². The summed E-state index contributed by atoms with van der Waals surface area (Å²) < 4.78 is 11.5. The first-order valence-corrected chi connectivity index (χ1v) is 7.34. The van der Waals surface area contributed by atoms with Crippen molar-refractivity contribution in [3.05, 3.63) is 29.8 Å². The van der Waals surface area contributed by atoms with Crippen LogP contribution in [0, 0.1) is 0 Å². The number of carbonyl (C=O) groups excluding carboxylic acids is 1. The fraction of sp³-hybridized carbons (Fsp3) is 0.562. The second-order valence-corrected chi connectivity index (χ2v) is 6.78. The number of hydrogen-bond acceptors (Lipinski definition) is 4. The zero-order chi connectivity index (χ0) is 15.2. The van der Waals surface area contributed by atoms with Gasteiger partial charge in [0.05, 0.1) is 18.7 Å². The summed E-state index contributed by atoms with van der Waals surface area (Å²) in [5.74, 6) is 0. The SMILES string of the molecule is CC(C)(C)OC(=O)N1CC2CC1C(c1ccc(N)cc1)O2. The molecule has 0 spiro atoms. The van der Waals surface area contributed by atoms with E-state index in [1.807, 2.05) is 45.0 Å². The Morgan fingerprint density at radius 2 is 2.00 bits per heavy atom. The molecule has 3 rings (SSSR count). The normalized spacial score (nSPS) is 28.0. The number of anilines is 1. The third-order valence-corrected chi connectivity index (χ3v) is 3.89. The van der Waals surface area contributed by atoms with E-state index >= 15 is 0 Å². The van der Waals surface area contributed by atoms with Gasteiger partial charge in [-0.05, 0) is 44.9 Å². The Kier molecular flexibility index (Phi) is 3.32. The first-order chi connectivity index (χ1) is 9.83. The number of nitrogens with two attached hydrogens (primary N) is 1. The van der Waals surface area contributed by atoms with Crippen molar-refractivity contribution in [3.8, 4) is 0 Å². The Morgan fingerprint density at radius 3 is 2.57 bits per heavy atom. The van der Waals surface area contributed by atoms with E-state index in [4.69, 9.17) is 15.2 Å². The highest BCUT2D eigenvalue weighted by atomic mass is 16.6. The highest BCUT2D eigenvalue weighted by Gasteiger charge is 2.49. The van der Waals surface area contributed by atoms with Crippen LogP contribution in [0.15, 0.2) is 24.3 Å². The summed E-state index contributed by atoms with van der Waals surface area (Å²) in [6, 6.07) is 7.71. The molecule has 2 N–H and O–H groups in total. The van der Waals surface area contributed by atoms with Crippen LogP contribution in [0.1, 0.15) is 38.9 Å². The van der Waals surface area contributed by atoms with Gasteiger partial charge < -0.3 is 15.2 Å². The molecule has 3 unspecified atom stereocenters. The average Bonchev–Trinajstić information content (AvgIpc) is 2.97. The molecule has 0 saturated carbocycles. The smallest absolute Gasteiger partial charge is 0.410 e. The van der Waals surface area contributed by atoms with Gasteiger partial charge in [-0.3, -0.25) is 4.90 Å². The van der Waals surface area contributed by atoms with Crippen LogP contribution in [0.3, 0.4) is 0 Å². The van der Waals surface area contributed by atoms with E-state index in [9.17, 15) is 4.79 Å². The number of rotatable bonds is 1. The molecule has 2 bridgehead atoms. The van der Waals surface area contributed by atoms with Crippen molar-refractivity contribution < 1.29 is 14.3 Å². The quantitative estimate of drug-likeness (QED) is 0.808. The second-order valence-electron chi connectivity index (χ2n) is 6.78. The third-order valence-electron chi connectivity index (χ3n) is 3.89. The van der Waals surface area contributed by atoms with E-state index in [0.29, 0.717) is 6.54 Å². The average molecular weight is 290 g/mol. The van der Waals surface area contributed by atoms with Gasteiger partial charge in [-0.25, -0.2) is 4.79 Å². The van der Waals surface area contributed by atoms with Crippen LogP contribution in [0.25, 0.3) is 0 Å². The molecule has 0 radical (unpaired) electrons. The first kappa shape index (κ1) is 14.2. The summed E-state index contributed by atoms with van der Waals surface area (Å²) in [4.78, 5) is 14.1. The maximum absolute atomic E-state index is 12.3. The predicted octanol–water partition coefficient (Wildman–Crippen LogP) is 2.72. The molecule has 0 aromatic heterocycles. The number of carbonyl (C=O) groups is 1. The van der Waals surface area contributed by atoms with Crippen LogP contribution in [0.2, 0.25) is 0 Å². The van der Waals surface area contributed by atoms with E-state index in [1.54, 1.807) is 4.90 Å². The topological polar surface area (TPSA) is 64.8 Å². The zero-order valence-corrected chi connectivity index (χ0v) is 12.7. The minimum absolute atomic E-state index is 0.0495. The zero-order valence-electron chi connectivity index (χ0n) is 12.7. The van der Waals surface area contributed by atoms with Gasteiger partial charge in [-0.1, -0.05) is 12.1 Å². The van der Waals surface area contributed by atoms with E-state index in [-0.39, 0.29) is 24.3 Å².